The SMILES string of the molecule is COCCOc1ccc2c(n1)CCNC2. The molecule has 0 aromatic carbocycles. The van der Waals surface area contributed by atoms with Crippen molar-refractivity contribution in [2.24, 2.45) is 0 Å². The summed E-state index contributed by atoms with van der Waals surface area (Å²) in [7, 11) is 1.66. The smallest absolute Gasteiger partial charge is 0.213 e. The lowest BCUT2D eigenvalue weighted by Gasteiger charge is -2.16. The van der Waals surface area contributed by atoms with E-state index in [0.29, 0.717) is 19.1 Å². The molecule has 2 rings (SSSR count). The first-order chi connectivity index (χ1) is 7.40. The first kappa shape index (κ1) is 10.4. The molecule has 1 aliphatic rings. The molecule has 1 aliphatic heterocycles. The Morgan fingerprint density at radius 1 is 1.40 bits per heavy atom. The maximum atomic E-state index is 5.46. The van der Waals surface area contributed by atoms with Gasteiger partial charge >= 0.3 is 0 Å². The van der Waals surface area contributed by atoms with Crippen molar-refractivity contribution in [3.8, 4) is 5.88 Å². The van der Waals surface area contributed by atoms with Gasteiger partial charge in [0, 0.05) is 32.7 Å². The van der Waals surface area contributed by atoms with Gasteiger partial charge in [0.25, 0.3) is 0 Å². The predicted molar refractivity (Wildman–Crippen MR) is 57.0 cm³/mol. The average Bonchev–Trinajstić information content (AvgIpc) is 2.29. The maximum absolute atomic E-state index is 5.46. The van der Waals surface area contributed by atoms with E-state index in [9.17, 15) is 0 Å². The molecule has 1 aromatic rings. The topological polar surface area (TPSA) is 43.4 Å². The number of hydrogen-bond acceptors (Lipinski definition) is 4. The molecule has 0 saturated heterocycles. The van der Waals surface area contributed by atoms with Crippen LogP contribution in [0.3, 0.4) is 0 Å². The van der Waals surface area contributed by atoms with Crippen molar-refractivity contribution < 1.29 is 9.47 Å². The predicted octanol–water partition coefficient (Wildman–Crippen LogP) is 0.752. The van der Waals surface area contributed by atoms with Gasteiger partial charge in [0.2, 0.25) is 5.88 Å². The summed E-state index contributed by atoms with van der Waals surface area (Å²) in [5.74, 6) is 0.702. The van der Waals surface area contributed by atoms with Gasteiger partial charge in [-0.25, -0.2) is 4.98 Å². The molecule has 0 atom stereocenters. The van der Waals surface area contributed by atoms with Crippen LogP contribution in [0.2, 0.25) is 0 Å². The Morgan fingerprint density at radius 3 is 3.20 bits per heavy atom. The highest BCUT2D eigenvalue weighted by Gasteiger charge is 2.10. The standard InChI is InChI=1S/C11H16N2O2/c1-14-6-7-15-11-3-2-9-8-12-5-4-10(9)13-11/h2-3,12H,4-8H2,1H3. The number of methoxy groups -OCH3 is 1. The summed E-state index contributed by atoms with van der Waals surface area (Å²) < 4.78 is 10.4. The Kier molecular flexibility index (Phi) is 3.53. The van der Waals surface area contributed by atoms with Crippen molar-refractivity contribution in [1.82, 2.24) is 10.3 Å². The number of fused-ring (bicyclic) bond motifs is 1. The summed E-state index contributed by atoms with van der Waals surface area (Å²) in [6.07, 6.45) is 0.983. The zero-order valence-electron chi connectivity index (χ0n) is 8.95. The molecule has 0 bridgehead atoms. The van der Waals surface area contributed by atoms with Crippen LogP contribution in [0.1, 0.15) is 11.3 Å². The molecule has 0 saturated carbocycles. The third kappa shape index (κ3) is 2.67. The van der Waals surface area contributed by atoms with Crippen LogP contribution < -0.4 is 10.1 Å². The minimum absolute atomic E-state index is 0.556. The lowest BCUT2D eigenvalue weighted by Crippen LogP contribution is -2.24. The lowest BCUT2D eigenvalue weighted by molar-refractivity contribution is 0.143. The molecule has 2 heterocycles. The number of ether oxygens (including phenoxy) is 2. The van der Waals surface area contributed by atoms with Crippen LogP contribution in [0.5, 0.6) is 5.88 Å². The number of aromatic nitrogens is 1. The number of nitrogens with zero attached hydrogens (tertiary/aromatic N) is 1. The number of hydrogen-bond donors (Lipinski definition) is 1. The minimum atomic E-state index is 0.556. The maximum Gasteiger partial charge on any atom is 0.213 e. The van der Waals surface area contributed by atoms with Gasteiger partial charge in [0.1, 0.15) is 6.61 Å². The summed E-state index contributed by atoms with van der Waals surface area (Å²) >= 11 is 0. The van der Waals surface area contributed by atoms with E-state index >= 15 is 0 Å². The zero-order valence-corrected chi connectivity index (χ0v) is 8.95. The fourth-order valence-corrected chi connectivity index (χ4v) is 1.63. The monoisotopic (exact) mass is 208 g/mol. The Labute approximate surface area is 89.6 Å². The molecule has 1 aromatic heterocycles. The van der Waals surface area contributed by atoms with Crippen molar-refractivity contribution in [3.63, 3.8) is 0 Å². The Morgan fingerprint density at radius 2 is 2.33 bits per heavy atom. The third-order valence-electron chi connectivity index (χ3n) is 2.43. The molecule has 0 unspecified atom stereocenters. The van der Waals surface area contributed by atoms with Crippen LogP contribution in [0.4, 0.5) is 0 Å². The van der Waals surface area contributed by atoms with Crippen molar-refractivity contribution in [2.75, 3.05) is 26.9 Å². The Bertz CT molecular complexity index is 328. The normalized spacial score (nSPS) is 14.7. The molecular weight excluding hydrogens is 192 g/mol. The Balaban J connectivity index is 2.00. The van der Waals surface area contributed by atoms with Crippen LogP contribution in [0, 0.1) is 0 Å². The molecule has 1 N–H and O–H groups in total. The van der Waals surface area contributed by atoms with Gasteiger partial charge in [0.15, 0.2) is 0 Å². The number of rotatable bonds is 4. The van der Waals surface area contributed by atoms with Crippen molar-refractivity contribution in [2.45, 2.75) is 13.0 Å². The van der Waals surface area contributed by atoms with Gasteiger partial charge in [-0.05, 0) is 5.56 Å². The van der Waals surface area contributed by atoms with Gasteiger partial charge in [0.05, 0.1) is 12.3 Å². The van der Waals surface area contributed by atoms with Gasteiger partial charge in [-0.1, -0.05) is 6.07 Å². The van der Waals surface area contributed by atoms with E-state index in [0.717, 1.165) is 25.2 Å². The largest absolute Gasteiger partial charge is 0.475 e. The summed E-state index contributed by atoms with van der Waals surface area (Å²) in [5.41, 5.74) is 2.43. The van der Waals surface area contributed by atoms with Crippen LogP contribution in [0.15, 0.2) is 12.1 Å². The lowest BCUT2D eigenvalue weighted by atomic mass is 10.1. The van der Waals surface area contributed by atoms with E-state index in [1.807, 2.05) is 6.07 Å². The molecule has 15 heavy (non-hydrogen) atoms. The van der Waals surface area contributed by atoms with E-state index < -0.39 is 0 Å². The summed E-state index contributed by atoms with van der Waals surface area (Å²) in [5, 5.41) is 3.31. The van der Waals surface area contributed by atoms with Crippen LogP contribution in [0.25, 0.3) is 0 Å². The van der Waals surface area contributed by atoms with Crippen molar-refractivity contribution >= 4 is 0 Å². The summed E-state index contributed by atoms with van der Waals surface area (Å²) in [6, 6.07) is 4.00. The van der Waals surface area contributed by atoms with Gasteiger partial charge in [-0.15, -0.1) is 0 Å². The molecule has 4 nitrogen and oxygen atoms in total. The third-order valence-corrected chi connectivity index (χ3v) is 2.43. The first-order valence-electron chi connectivity index (χ1n) is 5.21. The van der Waals surface area contributed by atoms with E-state index in [4.69, 9.17) is 9.47 Å². The quantitative estimate of drug-likeness (QED) is 0.742. The summed E-state index contributed by atoms with van der Waals surface area (Å²) in [6.45, 7) is 3.07. The molecule has 0 amide bonds. The highest BCUT2D eigenvalue weighted by molar-refractivity contribution is 5.27. The fraction of sp³-hybridized carbons (Fsp3) is 0.545. The number of pyridine rings is 1. The van der Waals surface area contributed by atoms with E-state index in [-0.39, 0.29) is 0 Å². The van der Waals surface area contributed by atoms with Gasteiger partial charge < -0.3 is 14.8 Å². The van der Waals surface area contributed by atoms with E-state index in [2.05, 4.69) is 16.4 Å². The van der Waals surface area contributed by atoms with Crippen LogP contribution in [-0.2, 0) is 17.7 Å². The molecular formula is C11H16N2O2. The molecule has 4 heteroatoms. The second-order valence-electron chi connectivity index (χ2n) is 3.52. The van der Waals surface area contributed by atoms with Gasteiger partial charge in [-0.3, -0.25) is 0 Å². The second-order valence-corrected chi connectivity index (χ2v) is 3.52. The molecule has 0 spiro atoms. The minimum Gasteiger partial charge on any atom is -0.475 e. The first-order valence-corrected chi connectivity index (χ1v) is 5.21. The average molecular weight is 208 g/mol. The number of nitrogens with one attached hydrogen (secondary N) is 1. The van der Waals surface area contributed by atoms with E-state index in [1.54, 1.807) is 7.11 Å². The van der Waals surface area contributed by atoms with E-state index in [1.165, 1.54) is 5.56 Å². The highest BCUT2D eigenvalue weighted by atomic mass is 16.5. The van der Waals surface area contributed by atoms with Gasteiger partial charge in [-0.2, -0.15) is 0 Å². The van der Waals surface area contributed by atoms with Crippen molar-refractivity contribution in [3.05, 3.63) is 23.4 Å². The van der Waals surface area contributed by atoms with Crippen molar-refractivity contribution in [1.29, 1.82) is 0 Å². The highest BCUT2D eigenvalue weighted by Crippen LogP contribution is 2.15. The molecule has 0 fully saturated rings. The molecule has 0 radical (unpaired) electrons. The summed E-state index contributed by atoms with van der Waals surface area (Å²) in [4.78, 5) is 4.47. The zero-order chi connectivity index (χ0) is 10.5. The second kappa shape index (κ2) is 5.09. The molecule has 82 valence electrons. The van der Waals surface area contributed by atoms with Crippen LogP contribution in [-0.4, -0.2) is 31.9 Å². The molecule has 0 aliphatic carbocycles. The Hall–Kier alpha value is -1.13. The van der Waals surface area contributed by atoms with Crippen LogP contribution >= 0.6 is 0 Å². The fourth-order valence-electron chi connectivity index (χ4n) is 1.63.